The Morgan fingerprint density at radius 1 is 1.39 bits per heavy atom. The predicted octanol–water partition coefficient (Wildman–Crippen LogP) is 2.55. The summed E-state index contributed by atoms with van der Waals surface area (Å²) in [6.45, 7) is 6.37. The van der Waals surface area contributed by atoms with Gasteiger partial charge in [0.2, 0.25) is 0 Å². The molecule has 3 nitrogen and oxygen atoms in total. The van der Waals surface area contributed by atoms with E-state index in [0.717, 1.165) is 32.1 Å². The molecule has 3 N–H and O–H groups in total. The van der Waals surface area contributed by atoms with Crippen LogP contribution in [-0.4, -0.2) is 31.1 Å². The number of benzene rings is 1. The molecule has 1 aromatic carbocycles. The molecule has 1 saturated heterocycles. The van der Waals surface area contributed by atoms with Crippen molar-refractivity contribution in [2.45, 2.75) is 19.8 Å². The van der Waals surface area contributed by atoms with E-state index in [9.17, 15) is 4.39 Å². The van der Waals surface area contributed by atoms with Crippen molar-refractivity contribution in [3.8, 4) is 0 Å². The van der Waals surface area contributed by atoms with Crippen LogP contribution in [0.1, 0.15) is 19.8 Å². The molecule has 1 aromatic rings. The first-order valence-corrected chi connectivity index (χ1v) is 6.66. The highest BCUT2D eigenvalue weighted by molar-refractivity contribution is 5.52. The lowest BCUT2D eigenvalue weighted by molar-refractivity contribution is 0.199. The zero-order valence-corrected chi connectivity index (χ0v) is 11.0. The Kier molecular flexibility index (Phi) is 4.42. The Labute approximate surface area is 108 Å². The number of hydrogen-bond acceptors (Lipinski definition) is 3. The first-order chi connectivity index (χ1) is 8.65. The van der Waals surface area contributed by atoms with E-state index >= 15 is 0 Å². The van der Waals surface area contributed by atoms with E-state index in [1.165, 1.54) is 18.9 Å². The molecule has 0 amide bonds. The van der Waals surface area contributed by atoms with Crippen LogP contribution in [0.15, 0.2) is 18.2 Å². The van der Waals surface area contributed by atoms with Crippen molar-refractivity contribution in [3.05, 3.63) is 24.0 Å². The molecule has 0 radical (unpaired) electrons. The maximum atomic E-state index is 13.5. The van der Waals surface area contributed by atoms with E-state index in [-0.39, 0.29) is 5.82 Å². The van der Waals surface area contributed by atoms with E-state index in [4.69, 9.17) is 5.73 Å². The molecule has 1 aliphatic heterocycles. The van der Waals surface area contributed by atoms with Gasteiger partial charge in [0.25, 0.3) is 0 Å². The van der Waals surface area contributed by atoms with Crippen LogP contribution in [-0.2, 0) is 0 Å². The van der Waals surface area contributed by atoms with Gasteiger partial charge in [-0.2, -0.15) is 0 Å². The van der Waals surface area contributed by atoms with Crippen LogP contribution in [0.3, 0.4) is 0 Å². The van der Waals surface area contributed by atoms with Gasteiger partial charge in [-0.3, -0.25) is 0 Å². The van der Waals surface area contributed by atoms with Crippen molar-refractivity contribution in [3.63, 3.8) is 0 Å². The molecule has 2 rings (SSSR count). The average molecular weight is 251 g/mol. The maximum absolute atomic E-state index is 13.5. The molecule has 1 aliphatic rings. The summed E-state index contributed by atoms with van der Waals surface area (Å²) >= 11 is 0. The molecular weight excluding hydrogens is 229 g/mol. The van der Waals surface area contributed by atoms with Crippen molar-refractivity contribution in [1.82, 2.24) is 4.90 Å². The summed E-state index contributed by atoms with van der Waals surface area (Å²) in [6, 6.07) is 4.77. The smallest absolute Gasteiger partial charge is 0.148 e. The summed E-state index contributed by atoms with van der Waals surface area (Å²) in [5, 5.41) is 3.13. The molecule has 0 aliphatic carbocycles. The summed E-state index contributed by atoms with van der Waals surface area (Å²) in [4.78, 5) is 2.43. The number of anilines is 2. The molecule has 18 heavy (non-hydrogen) atoms. The van der Waals surface area contributed by atoms with E-state index in [2.05, 4.69) is 17.1 Å². The van der Waals surface area contributed by atoms with Gasteiger partial charge < -0.3 is 16.0 Å². The number of piperidine rings is 1. The van der Waals surface area contributed by atoms with Gasteiger partial charge in [-0.15, -0.1) is 0 Å². The summed E-state index contributed by atoms with van der Waals surface area (Å²) < 4.78 is 13.5. The van der Waals surface area contributed by atoms with E-state index < -0.39 is 0 Å². The largest absolute Gasteiger partial charge is 0.399 e. The molecular formula is C14H22FN3. The third-order valence-corrected chi connectivity index (χ3v) is 3.61. The third-order valence-electron chi connectivity index (χ3n) is 3.61. The monoisotopic (exact) mass is 251 g/mol. The lowest BCUT2D eigenvalue weighted by Gasteiger charge is -2.30. The van der Waals surface area contributed by atoms with E-state index in [1.54, 1.807) is 12.1 Å². The number of halogens is 1. The van der Waals surface area contributed by atoms with Gasteiger partial charge in [-0.1, -0.05) is 6.92 Å². The molecule has 0 spiro atoms. The molecule has 0 atom stereocenters. The topological polar surface area (TPSA) is 41.3 Å². The van der Waals surface area contributed by atoms with Gasteiger partial charge >= 0.3 is 0 Å². The average Bonchev–Trinajstić information content (AvgIpc) is 2.34. The van der Waals surface area contributed by atoms with Gasteiger partial charge in [0.15, 0.2) is 0 Å². The van der Waals surface area contributed by atoms with Crippen LogP contribution in [0, 0.1) is 11.7 Å². The fourth-order valence-electron chi connectivity index (χ4n) is 2.31. The molecule has 0 unspecified atom stereocenters. The summed E-state index contributed by atoms with van der Waals surface area (Å²) in [6.07, 6.45) is 2.55. The second kappa shape index (κ2) is 6.05. The lowest BCUT2D eigenvalue weighted by atomic mass is 9.99. The Morgan fingerprint density at radius 2 is 2.11 bits per heavy atom. The second-order valence-electron chi connectivity index (χ2n) is 5.19. The maximum Gasteiger partial charge on any atom is 0.148 e. The first kappa shape index (κ1) is 13.1. The van der Waals surface area contributed by atoms with Gasteiger partial charge in [-0.25, -0.2) is 4.39 Å². The highest BCUT2D eigenvalue weighted by Gasteiger charge is 2.14. The number of nitrogens with zero attached hydrogens (tertiary/aromatic N) is 1. The number of rotatable bonds is 4. The molecule has 0 bridgehead atoms. The summed E-state index contributed by atoms with van der Waals surface area (Å²) in [5.41, 5.74) is 6.51. The highest BCUT2D eigenvalue weighted by Crippen LogP contribution is 2.17. The Hall–Kier alpha value is -1.29. The molecule has 1 heterocycles. The Balaban J connectivity index is 1.75. The number of nitrogens with two attached hydrogens (primary N) is 1. The molecule has 0 aromatic heterocycles. The molecule has 100 valence electrons. The number of nitrogen functional groups attached to an aromatic ring is 1. The van der Waals surface area contributed by atoms with Crippen LogP contribution in [0.25, 0.3) is 0 Å². The van der Waals surface area contributed by atoms with E-state index in [0.29, 0.717) is 11.4 Å². The second-order valence-corrected chi connectivity index (χ2v) is 5.19. The minimum Gasteiger partial charge on any atom is -0.399 e. The zero-order valence-electron chi connectivity index (χ0n) is 11.0. The Morgan fingerprint density at radius 3 is 2.78 bits per heavy atom. The standard InChI is InChI=1S/C14H22FN3/c1-11-4-7-18(8-5-11)9-6-17-14-3-2-12(16)10-13(14)15/h2-3,10-11,17H,4-9,16H2,1H3. The normalized spacial score (nSPS) is 17.9. The van der Waals surface area contributed by atoms with Crippen molar-refractivity contribution >= 4 is 11.4 Å². The Bertz CT molecular complexity index is 387. The van der Waals surface area contributed by atoms with Crippen molar-refractivity contribution in [2.75, 3.05) is 37.2 Å². The van der Waals surface area contributed by atoms with Gasteiger partial charge in [-0.05, 0) is 50.0 Å². The summed E-state index contributed by atoms with van der Waals surface area (Å²) in [7, 11) is 0. The quantitative estimate of drug-likeness (QED) is 0.808. The fraction of sp³-hybridized carbons (Fsp3) is 0.571. The highest BCUT2D eigenvalue weighted by atomic mass is 19.1. The minimum absolute atomic E-state index is 0.276. The van der Waals surface area contributed by atoms with Crippen LogP contribution >= 0.6 is 0 Å². The third kappa shape index (κ3) is 3.60. The molecule has 0 saturated carbocycles. The van der Waals surface area contributed by atoms with Crippen molar-refractivity contribution in [2.24, 2.45) is 5.92 Å². The van der Waals surface area contributed by atoms with E-state index in [1.807, 2.05) is 0 Å². The van der Waals surface area contributed by atoms with Gasteiger partial charge in [0.1, 0.15) is 5.82 Å². The van der Waals surface area contributed by atoms with Crippen LogP contribution in [0.4, 0.5) is 15.8 Å². The summed E-state index contributed by atoms with van der Waals surface area (Å²) in [5.74, 6) is 0.575. The van der Waals surface area contributed by atoms with Crippen molar-refractivity contribution in [1.29, 1.82) is 0 Å². The SMILES string of the molecule is CC1CCN(CCNc2ccc(N)cc2F)CC1. The first-order valence-electron chi connectivity index (χ1n) is 6.66. The number of hydrogen-bond donors (Lipinski definition) is 2. The zero-order chi connectivity index (χ0) is 13.0. The van der Waals surface area contributed by atoms with Gasteiger partial charge in [0, 0.05) is 18.8 Å². The minimum atomic E-state index is -0.276. The fourth-order valence-corrected chi connectivity index (χ4v) is 2.31. The number of likely N-dealkylation sites (tertiary alicyclic amines) is 1. The van der Waals surface area contributed by atoms with Gasteiger partial charge in [0.05, 0.1) is 5.69 Å². The number of nitrogens with one attached hydrogen (secondary N) is 1. The molecule has 4 heteroatoms. The van der Waals surface area contributed by atoms with Crippen molar-refractivity contribution < 1.29 is 4.39 Å². The van der Waals surface area contributed by atoms with Crippen LogP contribution < -0.4 is 11.1 Å². The van der Waals surface area contributed by atoms with Crippen LogP contribution in [0.2, 0.25) is 0 Å². The molecule has 1 fully saturated rings. The lowest BCUT2D eigenvalue weighted by Crippen LogP contribution is -2.36. The van der Waals surface area contributed by atoms with Crippen LogP contribution in [0.5, 0.6) is 0 Å². The predicted molar refractivity (Wildman–Crippen MR) is 74.1 cm³/mol.